The van der Waals surface area contributed by atoms with Crippen molar-refractivity contribution >= 4 is 23.2 Å². The zero-order valence-electron chi connectivity index (χ0n) is 15.5. The summed E-state index contributed by atoms with van der Waals surface area (Å²) in [6.07, 6.45) is 8.11. The van der Waals surface area contributed by atoms with Gasteiger partial charge in [-0.1, -0.05) is 6.07 Å². The summed E-state index contributed by atoms with van der Waals surface area (Å²) < 4.78 is 0. The highest BCUT2D eigenvalue weighted by atomic mass is 32.1. The van der Waals surface area contributed by atoms with Crippen LogP contribution in [0.3, 0.4) is 0 Å². The quantitative estimate of drug-likeness (QED) is 0.829. The number of carbonyl (C=O) groups excluding carboxylic acids is 2. The normalized spacial score (nSPS) is 22.7. The number of imidazole rings is 1. The number of aromatic nitrogens is 2. The van der Waals surface area contributed by atoms with Gasteiger partial charge < -0.3 is 14.8 Å². The van der Waals surface area contributed by atoms with Crippen LogP contribution < -0.4 is 0 Å². The number of H-pyrrole nitrogens is 1. The van der Waals surface area contributed by atoms with Gasteiger partial charge >= 0.3 is 0 Å². The maximum atomic E-state index is 12.6. The summed E-state index contributed by atoms with van der Waals surface area (Å²) in [5.41, 5.74) is 1.06. The topological polar surface area (TPSA) is 69.3 Å². The molecule has 6 nitrogen and oxygen atoms in total. The summed E-state index contributed by atoms with van der Waals surface area (Å²) in [5, 5.41) is 2.06. The molecule has 7 heteroatoms. The fourth-order valence-electron chi connectivity index (χ4n) is 4.37. The number of nitrogens with zero attached hydrogens (tertiary/aromatic N) is 3. The number of carbonyl (C=O) groups is 2. The molecule has 144 valence electrons. The van der Waals surface area contributed by atoms with Crippen LogP contribution in [0.4, 0.5) is 0 Å². The molecule has 27 heavy (non-hydrogen) atoms. The largest absolute Gasteiger partial charge is 0.348 e. The highest BCUT2D eigenvalue weighted by Gasteiger charge is 2.39. The summed E-state index contributed by atoms with van der Waals surface area (Å²) in [6.45, 7) is 2.29. The maximum absolute atomic E-state index is 12.6. The molecule has 4 rings (SSSR count). The van der Waals surface area contributed by atoms with Gasteiger partial charge in [0.15, 0.2) is 0 Å². The van der Waals surface area contributed by atoms with Crippen LogP contribution in [0.2, 0.25) is 0 Å². The number of nitrogens with one attached hydrogen (secondary N) is 1. The van der Waals surface area contributed by atoms with Gasteiger partial charge in [0, 0.05) is 61.7 Å². The number of amides is 2. The Morgan fingerprint density at radius 1 is 1.33 bits per heavy atom. The van der Waals surface area contributed by atoms with Crippen LogP contribution in [0.15, 0.2) is 30.0 Å². The number of hydrogen-bond donors (Lipinski definition) is 1. The van der Waals surface area contributed by atoms with Gasteiger partial charge in [-0.2, -0.15) is 0 Å². The third-order valence-electron chi connectivity index (χ3n) is 5.84. The molecule has 0 radical (unpaired) electrons. The lowest BCUT2D eigenvalue weighted by Crippen LogP contribution is -2.57. The third kappa shape index (κ3) is 4.24. The Morgan fingerprint density at radius 2 is 2.26 bits per heavy atom. The van der Waals surface area contributed by atoms with Crippen molar-refractivity contribution in [1.82, 2.24) is 19.8 Å². The Kier molecular flexibility index (Phi) is 5.57. The SMILES string of the molecule is O=C(CCc1cccs1)N1CC[C@@H]2[C@@H](CCC(=O)N2CCc2cnc[nH]2)C1. The molecule has 0 unspecified atom stereocenters. The monoisotopic (exact) mass is 386 g/mol. The van der Waals surface area contributed by atoms with Gasteiger partial charge in [-0.25, -0.2) is 4.98 Å². The maximum Gasteiger partial charge on any atom is 0.222 e. The zero-order chi connectivity index (χ0) is 18.6. The molecule has 2 aliphatic heterocycles. The van der Waals surface area contributed by atoms with E-state index in [-0.39, 0.29) is 17.9 Å². The second-order valence-corrected chi connectivity index (χ2v) is 8.52. The predicted octanol–water partition coefficient (Wildman–Crippen LogP) is 2.49. The van der Waals surface area contributed by atoms with E-state index in [1.54, 1.807) is 17.7 Å². The van der Waals surface area contributed by atoms with E-state index in [4.69, 9.17) is 0 Å². The van der Waals surface area contributed by atoms with Gasteiger partial charge in [-0.15, -0.1) is 11.3 Å². The highest BCUT2D eigenvalue weighted by Crippen LogP contribution is 2.31. The average Bonchev–Trinajstić information content (AvgIpc) is 3.39. The van der Waals surface area contributed by atoms with Gasteiger partial charge in [-0.05, 0) is 36.6 Å². The molecular formula is C20H26N4O2S. The molecule has 2 atom stereocenters. The van der Waals surface area contributed by atoms with E-state index in [0.29, 0.717) is 18.8 Å². The first-order valence-electron chi connectivity index (χ1n) is 9.77. The number of likely N-dealkylation sites (tertiary alicyclic amines) is 2. The van der Waals surface area contributed by atoms with Crippen molar-refractivity contribution in [3.63, 3.8) is 0 Å². The van der Waals surface area contributed by atoms with Crippen LogP contribution in [0.1, 0.15) is 36.3 Å². The van der Waals surface area contributed by atoms with E-state index in [0.717, 1.165) is 51.0 Å². The van der Waals surface area contributed by atoms with Crippen LogP contribution in [0, 0.1) is 5.92 Å². The van der Waals surface area contributed by atoms with Crippen molar-refractivity contribution in [3.05, 3.63) is 40.6 Å². The van der Waals surface area contributed by atoms with Crippen molar-refractivity contribution in [2.24, 2.45) is 5.92 Å². The molecule has 0 aromatic carbocycles. The lowest BCUT2D eigenvalue weighted by molar-refractivity contribution is -0.144. The van der Waals surface area contributed by atoms with Gasteiger partial charge in [0.25, 0.3) is 0 Å². The summed E-state index contributed by atoms with van der Waals surface area (Å²) in [4.78, 5) is 37.6. The molecule has 2 amide bonds. The summed E-state index contributed by atoms with van der Waals surface area (Å²) >= 11 is 1.71. The van der Waals surface area contributed by atoms with Gasteiger partial charge in [-0.3, -0.25) is 9.59 Å². The molecule has 2 saturated heterocycles. The molecule has 2 aromatic heterocycles. The Labute approximate surface area is 163 Å². The number of rotatable bonds is 6. The Morgan fingerprint density at radius 3 is 3.04 bits per heavy atom. The number of piperidine rings is 2. The number of fused-ring (bicyclic) bond motifs is 1. The van der Waals surface area contributed by atoms with E-state index >= 15 is 0 Å². The molecule has 2 aliphatic rings. The second-order valence-electron chi connectivity index (χ2n) is 7.49. The van der Waals surface area contributed by atoms with E-state index in [2.05, 4.69) is 26.3 Å². The first-order valence-corrected chi connectivity index (χ1v) is 10.7. The number of aryl methyl sites for hydroxylation is 1. The van der Waals surface area contributed by atoms with Crippen LogP contribution in [-0.4, -0.2) is 57.3 Å². The van der Waals surface area contributed by atoms with Crippen molar-refractivity contribution in [3.8, 4) is 0 Å². The lowest BCUT2D eigenvalue weighted by Gasteiger charge is -2.47. The van der Waals surface area contributed by atoms with E-state index < -0.39 is 0 Å². The van der Waals surface area contributed by atoms with Crippen LogP contribution in [0.25, 0.3) is 0 Å². The Balaban J connectivity index is 1.32. The summed E-state index contributed by atoms with van der Waals surface area (Å²) in [6, 6.07) is 4.40. The molecular weight excluding hydrogens is 360 g/mol. The molecule has 0 bridgehead atoms. The van der Waals surface area contributed by atoms with Gasteiger partial charge in [0.1, 0.15) is 0 Å². The second kappa shape index (κ2) is 8.25. The minimum absolute atomic E-state index is 0.253. The van der Waals surface area contributed by atoms with Crippen molar-refractivity contribution in [1.29, 1.82) is 0 Å². The standard InChI is InChI=1S/C20H26N4O2S/c25-19(6-4-17-2-1-11-27-17)23-9-8-18-15(13-23)3-5-20(26)24(18)10-7-16-12-21-14-22-16/h1-2,11-12,14-15,18H,3-10,13H2,(H,21,22)/t15-,18+/m0/s1. The van der Waals surface area contributed by atoms with Gasteiger partial charge in [0.05, 0.1) is 6.33 Å². The molecule has 2 fully saturated rings. The first kappa shape index (κ1) is 18.2. The zero-order valence-corrected chi connectivity index (χ0v) is 16.3. The summed E-state index contributed by atoms with van der Waals surface area (Å²) in [5.74, 6) is 0.917. The third-order valence-corrected chi connectivity index (χ3v) is 6.77. The highest BCUT2D eigenvalue weighted by molar-refractivity contribution is 7.09. The molecule has 0 saturated carbocycles. The van der Waals surface area contributed by atoms with Crippen molar-refractivity contribution in [2.75, 3.05) is 19.6 Å². The minimum Gasteiger partial charge on any atom is -0.348 e. The lowest BCUT2D eigenvalue weighted by atomic mass is 9.83. The molecule has 4 heterocycles. The smallest absolute Gasteiger partial charge is 0.222 e. The summed E-state index contributed by atoms with van der Waals surface area (Å²) in [7, 11) is 0. The molecule has 1 N–H and O–H groups in total. The number of hydrogen-bond acceptors (Lipinski definition) is 4. The van der Waals surface area contributed by atoms with E-state index in [1.807, 2.05) is 17.2 Å². The minimum atomic E-state index is 0.253. The van der Waals surface area contributed by atoms with Gasteiger partial charge in [0.2, 0.25) is 11.8 Å². The van der Waals surface area contributed by atoms with E-state index in [9.17, 15) is 9.59 Å². The Bertz CT molecular complexity index is 759. The van der Waals surface area contributed by atoms with Crippen LogP contribution in [0.5, 0.6) is 0 Å². The predicted molar refractivity (Wildman–Crippen MR) is 104 cm³/mol. The number of aromatic amines is 1. The van der Waals surface area contributed by atoms with Crippen LogP contribution >= 0.6 is 11.3 Å². The van der Waals surface area contributed by atoms with Crippen LogP contribution in [-0.2, 0) is 22.4 Å². The molecule has 0 spiro atoms. The fraction of sp³-hybridized carbons (Fsp3) is 0.550. The first-order chi connectivity index (χ1) is 13.2. The molecule has 2 aromatic rings. The van der Waals surface area contributed by atoms with E-state index in [1.165, 1.54) is 4.88 Å². The van der Waals surface area contributed by atoms with Crippen molar-refractivity contribution < 1.29 is 9.59 Å². The molecule has 0 aliphatic carbocycles. The fourth-order valence-corrected chi connectivity index (χ4v) is 5.08. The number of thiophene rings is 1. The average molecular weight is 387 g/mol. The Hall–Kier alpha value is -2.15. The van der Waals surface area contributed by atoms with Crippen molar-refractivity contribution in [2.45, 2.75) is 44.6 Å².